The van der Waals surface area contributed by atoms with Crippen molar-refractivity contribution in [3.63, 3.8) is 0 Å². The van der Waals surface area contributed by atoms with E-state index < -0.39 is 0 Å². The Morgan fingerprint density at radius 2 is 2.14 bits per heavy atom. The molecule has 0 aliphatic heterocycles. The summed E-state index contributed by atoms with van der Waals surface area (Å²) < 4.78 is 15.5. The first-order valence-electron chi connectivity index (χ1n) is 6.52. The quantitative estimate of drug-likeness (QED) is 0.739. The van der Waals surface area contributed by atoms with Crippen LogP contribution in [0.1, 0.15) is 18.5 Å². The summed E-state index contributed by atoms with van der Waals surface area (Å²) in [6.07, 6.45) is 1.47. The van der Waals surface area contributed by atoms with Crippen LogP contribution in [0.5, 0.6) is 0 Å². The molecule has 5 nitrogen and oxygen atoms in total. The molecule has 0 spiro atoms. The van der Waals surface area contributed by atoms with E-state index in [0.29, 0.717) is 21.1 Å². The third kappa shape index (κ3) is 2.66. The lowest BCUT2D eigenvalue weighted by molar-refractivity contribution is 0.626. The number of halogens is 3. The van der Waals surface area contributed by atoms with Crippen molar-refractivity contribution >= 4 is 44.4 Å². The van der Waals surface area contributed by atoms with E-state index in [1.54, 1.807) is 10.7 Å². The molecule has 1 atom stereocenters. The van der Waals surface area contributed by atoms with Crippen LogP contribution < -0.4 is 5.32 Å². The molecule has 0 amide bonds. The van der Waals surface area contributed by atoms with Crippen molar-refractivity contribution in [3.05, 3.63) is 45.5 Å². The summed E-state index contributed by atoms with van der Waals surface area (Å²) in [6.45, 7) is 1.93. The Morgan fingerprint density at radius 3 is 2.86 bits per heavy atom. The molecule has 0 aliphatic rings. The number of rotatable bonds is 3. The third-order valence-corrected chi connectivity index (χ3v) is 4.24. The van der Waals surface area contributed by atoms with Gasteiger partial charge in [0.15, 0.2) is 5.65 Å². The van der Waals surface area contributed by atoms with Gasteiger partial charge in [0.25, 0.3) is 0 Å². The van der Waals surface area contributed by atoms with Crippen molar-refractivity contribution in [3.8, 4) is 0 Å². The summed E-state index contributed by atoms with van der Waals surface area (Å²) in [7, 11) is 1.81. The van der Waals surface area contributed by atoms with Gasteiger partial charge in [-0.05, 0) is 40.5 Å². The molecule has 8 heteroatoms. The Bertz CT molecular complexity index is 851. The predicted molar refractivity (Wildman–Crippen MR) is 87.5 cm³/mol. The number of hydrogen-bond acceptors (Lipinski definition) is 4. The number of aromatic nitrogens is 4. The zero-order valence-electron chi connectivity index (χ0n) is 11.8. The third-order valence-electron chi connectivity index (χ3n) is 3.36. The van der Waals surface area contributed by atoms with Gasteiger partial charge in [-0.25, -0.2) is 19.0 Å². The molecule has 0 aliphatic carbocycles. The van der Waals surface area contributed by atoms with Crippen LogP contribution >= 0.6 is 27.5 Å². The molecule has 3 aromatic rings. The van der Waals surface area contributed by atoms with Gasteiger partial charge >= 0.3 is 0 Å². The van der Waals surface area contributed by atoms with Crippen molar-refractivity contribution in [1.29, 1.82) is 0 Å². The van der Waals surface area contributed by atoms with E-state index in [2.05, 4.69) is 36.3 Å². The molecular weight excluding hydrogens is 373 g/mol. The van der Waals surface area contributed by atoms with E-state index in [1.165, 1.54) is 18.5 Å². The van der Waals surface area contributed by atoms with Crippen LogP contribution in [0.15, 0.2) is 29.1 Å². The van der Waals surface area contributed by atoms with E-state index >= 15 is 0 Å². The highest BCUT2D eigenvalue weighted by Gasteiger charge is 2.17. The number of aryl methyl sites for hydroxylation is 1. The second kappa shape index (κ2) is 5.81. The fourth-order valence-electron chi connectivity index (χ4n) is 2.29. The van der Waals surface area contributed by atoms with Crippen molar-refractivity contribution in [2.45, 2.75) is 13.0 Å². The first-order chi connectivity index (χ1) is 10.5. The van der Waals surface area contributed by atoms with E-state index in [9.17, 15) is 4.39 Å². The average molecular weight is 385 g/mol. The summed E-state index contributed by atoms with van der Waals surface area (Å²) >= 11 is 9.52. The van der Waals surface area contributed by atoms with E-state index in [-0.39, 0.29) is 11.9 Å². The molecule has 2 aromatic heterocycles. The SMILES string of the molecule is CC(Nc1ncnc2c1c(Br)nn2C)c1ccc(F)cc1Cl. The van der Waals surface area contributed by atoms with Gasteiger partial charge in [-0.3, -0.25) is 0 Å². The van der Waals surface area contributed by atoms with Crippen LogP contribution in [0, 0.1) is 5.82 Å². The maximum atomic E-state index is 13.2. The van der Waals surface area contributed by atoms with Gasteiger partial charge < -0.3 is 5.32 Å². The van der Waals surface area contributed by atoms with Gasteiger partial charge in [0.2, 0.25) is 0 Å². The molecule has 22 heavy (non-hydrogen) atoms. The van der Waals surface area contributed by atoms with Gasteiger partial charge in [-0.2, -0.15) is 5.10 Å². The lowest BCUT2D eigenvalue weighted by atomic mass is 10.1. The van der Waals surface area contributed by atoms with E-state index in [4.69, 9.17) is 11.6 Å². The average Bonchev–Trinajstić information content (AvgIpc) is 2.75. The highest BCUT2D eigenvalue weighted by Crippen LogP contribution is 2.31. The van der Waals surface area contributed by atoms with Gasteiger partial charge in [0, 0.05) is 12.1 Å². The largest absolute Gasteiger partial charge is 0.363 e. The fourth-order valence-corrected chi connectivity index (χ4v) is 3.22. The molecule has 2 heterocycles. The Morgan fingerprint density at radius 1 is 1.36 bits per heavy atom. The number of benzene rings is 1. The highest BCUT2D eigenvalue weighted by molar-refractivity contribution is 9.10. The van der Waals surface area contributed by atoms with E-state index in [0.717, 1.165) is 10.9 Å². The maximum absolute atomic E-state index is 13.2. The maximum Gasteiger partial charge on any atom is 0.164 e. The zero-order chi connectivity index (χ0) is 15.9. The molecular formula is C14H12BrClFN5. The van der Waals surface area contributed by atoms with Crippen molar-refractivity contribution in [2.24, 2.45) is 7.05 Å². The Kier molecular flexibility index (Phi) is 4.01. The fraction of sp³-hybridized carbons (Fsp3) is 0.214. The van der Waals surface area contributed by atoms with Crippen LogP contribution in [-0.2, 0) is 7.05 Å². The van der Waals surface area contributed by atoms with Crippen molar-refractivity contribution in [1.82, 2.24) is 19.7 Å². The summed E-state index contributed by atoms with van der Waals surface area (Å²) in [5.41, 5.74) is 1.50. The normalized spacial score (nSPS) is 12.6. The lowest BCUT2D eigenvalue weighted by Crippen LogP contribution is -2.09. The summed E-state index contributed by atoms with van der Waals surface area (Å²) in [5, 5.41) is 8.71. The molecule has 0 fully saturated rings. The van der Waals surface area contributed by atoms with Gasteiger partial charge in [-0.1, -0.05) is 17.7 Å². The molecule has 3 rings (SSSR count). The molecule has 114 valence electrons. The first-order valence-corrected chi connectivity index (χ1v) is 7.69. The molecule has 0 radical (unpaired) electrons. The molecule has 0 saturated heterocycles. The first kappa shape index (κ1) is 15.2. The minimum Gasteiger partial charge on any atom is -0.363 e. The minimum atomic E-state index is -0.361. The molecule has 0 bridgehead atoms. The molecule has 1 aromatic carbocycles. The van der Waals surface area contributed by atoms with Crippen molar-refractivity contribution < 1.29 is 4.39 Å². The number of anilines is 1. The molecule has 1 unspecified atom stereocenters. The van der Waals surface area contributed by atoms with Crippen LogP contribution in [0.3, 0.4) is 0 Å². The molecule has 1 N–H and O–H groups in total. The Hall–Kier alpha value is -1.73. The minimum absolute atomic E-state index is 0.154. The Labute approximate surface area is 139 Å². The monoisotopic (exact) mass is 383 g/mol. The lowest BCUT2D eigenvalue weighted by Gasteiger charge is -2.16. The standard InChI is InChI=1S/C14H12BrClFN5/c1-7(9-4-3-8(17)5-10(9)16)20-13-11-12(15)21-22(2)14(11)19-6-18-13/h3-7H,1-2H3,(H,18,19,20). The second-order valence-electron chi connectivity index (χ2n) is 4.87. The van der Waals surface area contributed by atoms with Gasteiger partial charge in [-0.15, -0.1) is 0 Å². The van der Waals surface area contributed by atoms with Gasteiger partial charge in [0.05, 0.1) is 11.4 Å². The molecule has 0 saturated carbocycles. The topological polar surface area (TPSA) is 55.6 Å². The summed E-state index contributed by atoms with van der Waals surface area (Å²) in [4.78, 5) is 8.49. The summed E-state index contributed by atoms with van der Waals surface area (Å²) in [6, 6.07) is 4.18. The Balaban J connectivity index is 1.99. The number of nitrogens with zero attached hydrogens (tertiary/aromatic N) is 4. The number of hydrogen-bond donors (Lipinski definition) is 1. The number of nitrogens with one attached hydrogen (secondary N) is 1. The van der Waals surface area contributed by atoms with Crippen LogP contribution in [-0.4, -0.2) is 19.7 Å². The number of fused-ring (bicyclic) bond motifs is 1. The second-order valence-corrected chi connectivity index (χ2v) is 6.03. The van der Waals surface area contributed by atoms with Crippen LogP contribution in [0.4, 0.5) is 10.2 Å². The van der Waals surface area contributed by atoms with Crippen LogP contribution in [0.2, 0.25) is 5.02 Å². The van der Waals surface area contributed by atoms with Gasteiger partial charge in [0.1, 0.15) is 22.6 Å². The zero-order valence-corrected chi connectivity index (χ0v) is 14.2. The van der Waals surface area contributed by atoms with Crippen LogP contribution in [0.25, 0.3) is 11.0 Å². The predicted octanol–water partition coefficient (Wildman–Crippen LogP) is 4.09. The highest BCUT2D eigenvalue weighted by atomic mass is 79.9. The summed E-state index contributed by atoms with van der Waals surface area (Å²) in [5.74, 6) is 0.276. The van der Waals surface area contributed by atoms with E-state index in [1.807, 2.05) is 14.0 Å². The van der Waals surface area contributed by atoms with Crippen molar-refractivity contribution in [2.75, 3.05) is 5.32 Å². The smallest absolute Gasteiger partial charge is 0.164 e.